The summed E-state index contributed by atoms with van der Waals surface area (Å²) in [6, 6.07) is 21.8. The van der Waals surface area contributed by atoms with Gasteiger partial charge in [0.05, 0.1) is 18.3 Å². The molecule has 0 aliphatic rings. The molecule has 0 saturated carbocycles. The van der Waals surface area contributed by atoms with Crippen LogP contribution < -0.4 is 10.9 Å². The number of hydrogen-bond donors (Lipinski definition) is 1. The Labute approximate surface area is 184 Å². The van der Waals surface area contributed by atoms with Gasteiger partial charge in [0, 0.05) is 16.8 Å². The number of fused-ring (bicyclic) bond motifs is 1. The van der Waals surface area contributed by atoms with Crippen molar-refractivity contribution in [1.82, 2.24) is 4.98 Å². The van der Waals surface area contributed by atoms with Gasteiger partial charge in [-0.05, 0) is 40.8 Å². The van der Waals surface area contributed by atoms with Crippen LogP contribution >= 0.6 is 11.3 Å². The van der Waals surface area contributed by atoms with Gasteiger partial charge in [-0.3, -0.25) is 0 Å². The predicted molar refractivity (Wildman–Crippen MR) is 137 cm³/mol. The Hall–Kier alpha value is -2.43. The number of anilines is 1. The molecule has 0 aliphatic heterocycles. The van der Waals surface area contributed by atoms with Gasteiger partial charge >= 0.3 is 0 Å². The molecule has 30 heavy (non-hydrogen) atoms. The molecular weight excluding hydrogens is 400 g/mol. The van der Waals surface area contributed by atoms with Crippen molar-refractivity contribution in [3.63, 3.8) is 0 Å². The predicted octanol–water partition coefficient (Wildman–Crippen LogP) is 7.06. The van der Waals surface area contributed by atoms with Crippen molar-refractivity contribution in [1.29, 1.82) is 0 Å². The molecule has 4 heteroatoms. The highest BCUT2D eigenvalue weighted by atomic mass is 32.1. The molecule has 0 aliphatic carbocycles. The van der Waals surface area contributed by atoms with E-state index in [1.54, 1.807) is 11.3 Å². The quantitative estimate of drug-likeness (QED) is 0.279. The highest BCUT2D eigenvalue weighted by Gasteiger charge is 2.21. The topological polar surface area (TPSA) is 38.9 Å². The molecule has 154 valence electrons. The number of nitrogen functional groups attached to an aromatic ring is 1. The van der Waals surface area contributed by atoms with Crippen LogP contribution in [0.5, 0.6) is 0 Å². The SMILES string of the molecule is CC(C)(C)c1cc(-c2ccc([Si](C)(C)C)cc2)c2nc(-c3ccccc3N)sc2c1. The molecule has 4 rings (SSSR count). The molecule has 1 heterocycles. The van der Waals surface area contributed by atoms with Crippen molar-refractivity contribution in [2.24, 2.45) is 0 Å². The van der Waals surface area contributed by atoms with Gasteiger partial charge in [0.2, 0.25) is 0 Å². The molecule has 0 fully saturated rings. The first-order valence-corrected chi connectivity index (χ1v) is 14.8. The zero-order valence-corrected chi connectivity index (χ0v) is 20.5. The Balaban J connectivity index is 1.94. The summed E-state index contributed by atoms with van der Waals surface area (Å²) >= 11 is 1.73. The highest BCUT2D eigenvalue weighted by Crippen LogP contribution is 2.40. The fourth-order valence-corrected chi connectivity index (χ4v) is 5.89. The van der Waals surface area contributed by atoms with Crippen LogP contribution in [0, 0.1) is 0 Å². The smallest absolute Gasteiger partial charge is 0.126 e. The van der Waals surface area contributed by atoms with E-state index in [2.05, 4.69) is 82.9 Å². The summed E-state index contributed by atoms with van der Waals surface area (Å²) in [6.45, 7) is 14.0. The maximum Gasteiger partial charge on any atom is 0.126 e. The molecule has 0 unspecified atom stereocenters. The minimum absolute atomic E-state index is 0.0666. The molecule has 0 spiro atoms. The summed E-state index contributed by atoms with van der Waals surface area (Å²) in [5, 5.41) is 2.46. The third-order valence-corrected chi connectivity index (χ3v) is 8.72. The maximum absolute atomic E-state index is 6.25. The molecule has 0 radical (unpaired) electrons. The van der Waals surface area contributed by atoms with Crippen LogP contribution in [0.4, 0.5) is 5.69 Å². The summed E-state index contributed by atoms with van der Waals surface area (Å²) in [6.07, 6.45) is 0. The highest BCUT2D eigenvalue weighted by molar-refractivity contribution is 7.21. The molecular formula is C26H30N2SSi. The van der Waals surface area contributed by atoms with Crippen LogP contribution in [0.15, 0.2) is 60.7 Å². The van der Waals surface area contributed by atoms with Gasteiger partial charge in [-0.1, -0.05) is 82.0 Å². The minimum Gasteiger partial charge on any atom is -0.398 e. The zero-order chi connectivity index (χ0) is 21.7. The molecule has 4 aromatic rings. The third-order valence-electron chi connectivity index (χ3n) is 5.61. The van der Waals surface area contributed by atoms with E-state index in [4.69, 9.17) is 10.7 Å². The molecule has 0 saturated heterocycles. The van der Waals surface area contributed by atoms with E-state index in [0.29, 0.717) is 0 Å². The van der Waals surface area contributed by atoms with Crippen molar-refractivity contribution in [3.05, 3.63) is 66.2 Å². The molecule has 0 atom stereocenters. The summed E-state index contributed by atoms with van der Waals surface area (Å²) in [5.74, 6) is 0. The van der Waals surface area contributed by atoms with Crippen molar-refractivity contribution in [2.45, 2.75) is 45.8 Å². The van der Waals surface area contributed by atoms with E-state index in [-0.39, 0.29) is 5.41 Å². The monoisotopic (exact) mass is 430 g/mol. The van der Waals surface area contributed by atoms with Gasteiger partial charge in [0.15, 0.2) is 0 Å². The van der Waals surface area contributed by atoms with Crippen LogP contribution in [0.3, 0.4) is 0 Å². The van der Waals surface area contributed by atoms with Crippen LogP contribution in [-0.2, 0) is 5.41 Å². The number of nitrogens with zero attached hydrogens (tertiary/aromatic N) is 1. The average Bonchev–Trinajstić information content (AvgIpc) is 3.10. The third kappa shape index (κ3) is 3.94. The van der Waals surface area contributed by atoms with Gasteiger partial charge in [-0.2, -0.15) is 0 Å². The van der Waals surface area contributed by atoms with E-state index >= 15 is 0 Å². The largest absolute Gasteiger partial charge is 0.398 e. The molecule has 0 bridgehead atoms. The standard InChI is InChI=1S/C26H30N2SSi/c1-26(2,3)18-15-21(17-11-13-19(14-12-17)30(4,5)6)24-23(16-18)29-25(28-24)20-9-7-8-10-22(20)27/h7-16H,27H2,1-6H3. The number of para-hydroxylation sites is 1. The molecule has 0 amide bonds. The van der Waals surface area contributed by atoms with Crippen molar-refractivity contribution >= 4 is 40.5 Å². The summed E-state index contributed by atoms with van der Waals surface area (Å²) in [5.41, 5.74) is 12.9. The minimum atomic E-state index is -1.33. The number of rotatable bonds is 3. The Morgan fingerprint density at radius 2 is 1.53 bits per heavy atom. The van der Waals surface area contributed by atoms with Gasteiger partial charge in [0.1, 0.15) is 5.01 Å². The molecule has 2 N–H and O–H groups in total. The van der Waals surface area contributed by atoms with Crippen molar-refractivity contribution in [2.75, 3.05) is 5.73 Å². The van der Waals surface area contributed by atoms with Gasteiger partial charge in [0.25, 0.3) is 0 Å². The number of hydrogen-bond acceptors (Lipinski definition) is 3. The second kappa shape index (κ2) is 7.36. The fraction of sp³-hybridized carbons (Fsp3) is 0.269. The number of nitrogens with two attached hydrogens (primary N) is 1. The lowest BCUT2D eigenvalue weighted by molar-refractivity contribution is 0.591. The first-order chi connectivity index (χ1) is 14.0. The van der Waals surface area contributed by atoms with Crippen molar-refractivity contribution in [3.8, 4) is 21.7 Å². The summed E-state index contributed by atoms with van der Waals surface area (Å²) in [7, 11) is -1.33. The van der Waals surface area contributed by atoms with Gasteiger partial charge in [-0.25, -0.2) is 4.98 Å². The summed E-state index contributed by atoms with van der Waals surface area (Å²) in [4.78, 5) is 5.06. The Morgan fingerprint density at radius 3 is 2.13 bits per heavy atom. The number of thiazole rings is 1. The van der Waals surface area contributed by atoms with E-state index in [9.17, 15) is 0 Å². The lowest BCUT2D eigenvalue weighted by atomic mass is 9.85. The zero-order valence-electron chi connectivity index (χ0n) is 18.7. The van der Waals surface area contributed by atoms with E-state index < -0.39 is 8.07 Å². The number of aromatic nitrogens is 1. The van der Waals surface area contributed by atoms with Gasteiger partial charge in [-0.15, -0.1) is 11.3 Å². The van der Waals surface area contributed by atoms with E-state index in [0.717, 1.165) is 21.8 Å². The average molecular weight is 431 g/mol. The first kappa shape index (κ1) is 20.8. The molecule has 1 aromatic heterocycles. The fourth-order valence-electron chi connectivity index (χ4n) is 3.64. The van der Waals surface area contributed by atoms with Crippen molar-refractivity contribution < 1.29 is 0 Å². The van der Waals surface area contributed by atoms with Crippen LogP contribution in [-0.4, -0.2) is 13.1 Å². The normalized spacial score (nSPS) is 12.5. The van der Waals surface area contributed by atoms with Crippen LogP contribution in [0.25, 0.3) is 31.9 Å². The second-order valence-electron chi connectivity index (χ2n) is 10.1. The number of benzene rings is 3. The summed E-state index contributed by atoms with van der Waals surface area (Å²) < 4.78 is 1.21. The lowest BCUT2D eigenvalue weighted by Crippen LogP contribution is -2.37. The Bertz CT molecular complexity index is 1210. The van der Waals surface area contributed by atoms with E-state index in [1.165, 1.54) is 26.6 Å². The van der Waals surface area contributed by atoms with E-state index in [1.807, 2.05) is 18.2 Å². The molecule has 3 aromatic carbocycles. The van der Waals surface area contributed by atoms with Crippen LogP contribution in [0.1, 0.15) is 26.3 Å². The second-order valence-corrected chi connectivity index (χ2v) is 16.2. The van der Waals surface area contributed by atoms with Gasteiger partial charge < -0.3 is 5.73 Å². The first-order valence-electron chi connectivity index (χ1n) is 10.4. The Kier molecular flexibility index (Phi) is 5.11. The van der Waals surface area contributed by atoms with Crippen LogP contribution in [0.2, 0.25) is 19.6 Å². The lowest BCUT2D eigenvalue weighted by Gasteiger charge is -2.21. The molecule has 2 nitrogen and oxygen atoms in total. The maximum atomic E-state index is 6.25. The Morgan fingerprint density at radius 1 is 0.867 bits per heavy atom.